The molecular formula is C14H18FNO2. The highest BCUT2D eigenvalue weighted by Crippen LogP contribution is 2.12. The maximum Gasteiger partial charge on any atom is 0.176 e. The number of rotatable bonds is 3. The first-order chi connectivity index (χ1) is 8.54. The minimum Gasteiger partial charge on any atom is -0.373 e. The highest BCUT2D eigenvalue weighted by molar-refractivity contribution is 5.97. The topological polar surface area (TPSA) is 29.5 Å². The molecule has 2 atom stereocenters. The number of ketones is 1. The molecule has 0 aliphatic carbocycles. The minimum absolute atomic E-state index is 0.0244. The van der Waals surface area contributed by atoms with Crippen LogP contribution in [0.1, 0.15) is 24.2 Å². The number of hydrogen-bond donors (Lipinski definition) is 0. The van der Waals surface area contributed by atoms with Crippen LogP contribution in [-0.2, 0) is 4.74 Å². The fraction of sp³-hybridized carbons (Fsp3) is 0.500. The highest BCUT2D eigenvalue weighted by atomic mass is 19.1. The number of benzene rings is 1. The summed E-state index contributed by atoms with van der Waals surface area (Å²) in [6.07, 6.45) is 0.296. The lowest BCUT2D eigenvalue weighted by atomic mass is 10.1. The number of ether oxygens (including phenoxy) is 1. The summed E-state index contributed by atoms with van der Waals surface area (Å²) in [5.74, 6) is -0.295. The smallest absolute Gasteiger partial charge is 0.176 e. The van der Waals surface area contributed by atoms with Crippen LogP contribution < -0.4 is 0 Å². The molecule has 1 saturated heterocycles. The molecule has 18 heavy (non-hydrogen) atoms. The lowest BCUT2D eigenvalue weighted by Gasteiger charge is -2.34. The van der Waals surface area contributed by atoms with Gasteiger partial charge in [-0.05, 0) is 38.1 Å². The summed E-state index contributed by atoms with van der Waals surface area (Å²) in [7, 11) is 0. The molecule has 2 rings (SSSR count). The maximum absolute atomic E-state index is 12.8. The van der Waals surface area contributed by atoms with Crippen molar-refractivity contribution < 1.29 is 13.9 Å². The van der Waals surface area contributed by atoms with Crippen molar-refractivity contribution in [1.82, 2.24) is 4.90 Å². The number of hydrogen-bond acceptors (Lipinski definition) is 3. The third-order valence-electron chi connectivity index (χ3n) is 3.03. The van der Waals surface area contributed by atoms with Gasteiger partial charge in [0, 0.05) is 18.7 Å². The van der Waals surface area contributed by atoms with Crippen LogP contribution in [0.4, 0.5) is 4.39 Å². The monoisotopic (exact) mass is 251 g/mol. The normalized spacial score (nSPS) is 25.1. The molecule has 1 fully saturated rings. The standard InChI is InChI=1S/C14H18FNO2/c1-10-7-16(8-11(2)18-10)9-14(17)12-3-5-13(15)6-4-12/h3-6,10-11H,7-9H2,1-2H3/t10-,11+. The van der Waals surface area contributed by atoms with E-state index >= 15 is 0 Å². The van der Waals surface area contributed by atoms with E-state index in [1.807, 2.05) is 13.8 Å². The Balaban J connectivity index is 1.96. The number of carbonyl (C=O) groups is 1. The molecule has 1 aromatic rings. The summed E-state index contributed by atoms with van der Waals surface area (Å²) in [5.41, 5.74) is 0.559. The zero-order chi connectivity index (χ0) is 13.1. The van der Waals surface area contributed by atoms with Crippen molar-refractivity contribution in [2.45, 2.75) is 26.1 Å². The number of carbonyl (C=O) groups excluding carboxylic acids is 1. The first-order valence-corrected chi connectivity index (χ1v) is 6.21. The Morgan fingerprint density at radius 1 is 1.28 bits per heavy atom. The molecule has 0 aromatic heterocycles. The lowest BCUT2D eigenvalue weighted by molar-refractivity contribution is -0.0652. The van der Waals surface area contributed by atoms with E-state index in [4.69, 9.17) is 4.74 Å². The van der Waals surface area contributed by atoms with E-state index in [1.165, 1.54) is 24.3 Å². The molecule has 1 aliphatic rings. The van der Waals surface area contributed by atoms with E-state index in [2.05, 4.69) is 4.90 Å². The average molecular weight is 251 g/mol. The van der Waals surface area contributed by atoms with Gasteiger partial charge >= 0.3 is 0 Å². The number of morpholine rings is 1. The molecule has 0 spiro atoms. The van der Waals surface area contributed by atoms with Crippen LogP contribution in [-0.4, -0.2) is 42.5 Å². The van der Waals surface area contributed by atoms with Crippen molar-refractivity contribution in [1.29, 1.82) is 0 Å². The first-order valence-electron chi connectivity index (χ1n) is 6.21. The summed E-state index contributed by atoms with van der Waals surface area (Å²) in [6.45, 7) is 5.90. The van der Waals surface area contributed by atoms with Crippen molar-refractivity contribution in [3.63, 3.8) is 0 Å². The summed E-state index contributed by atoms with van der Waals surface area (Å²) >= 11 is 0. The first kappa shape index (κ1) is 13.2. The Kier molecular flexibility index (Phi) is 4.09. The Hall–Kier alpha value is -1.26. The Bertz CT molecular complexity index is 408. The molecule has 0 unspecified atom stereocenters. The van der Waals surface area contributed by atoms with Crippen molar-refractivity contribution in [3.8, 4) is 0 Å². The molecule has 4 heteroatoms. The average Bonchev–Trinajstić information content (AvgIpc) is 2.28. The SMILES string of the molecule is C[C@@H]1CN(CC(=O)c2ccc(F)cc2)C[C@H](C)O1. The predicted molar refractivity (Wildman–Crippen MR) is 67.2 cm³/mol. The summed E-state index contributed by atoms with van der Waals surface area (Å²) < 4.78 is 18.4. The van der Waals surface area contributed by atoms with Gasteiger partial charge < -0.3 is 4.74 Å². The maximum atomic E-state index is 12.8. The van der Waals surface area contributed by atoms with Gasteiger partial charge in [0.15, 0.2) is 5.78 Å². The number of Topliss-reactive ketones (excluding diaryl/α,β-unsaturated/α-hetero) is 1. The molecular weight excluding hydrogens is 233 g/mol. The van der Waals surface area contributed by atoms with Gasteiger partial charge in [0.25, 0.3) is 0 Å². The molecule has 1 aromatic carbocycles. The van der Waals surface area contributed by atoms with Crippen molar-refractivity contribution in [2.75, 3.05) is 19.6 Å². The number of halogens is 1. The molecule has 0 radical (unpaired) electrons. The zero-order valence-electron chi connectivity index (χ0n) is 10.7. The summed E-state index contributed by atoms with van der Waals surface area (Å²) in [4.78, 5) is 14.1. The van der Waals surface area contributed by atoms with Crippen LogP contribution in [0.2, 0.25) is 0 Å². The van der Waals surface area contributed by atoms with E-state index in [0.29, 0.717) is 12.1 Å². The van der Waals surface area contributed by atoms with Crippen LogP contribution in [0, 0.1) is 5.82 Å². The van der Waals surface area contributed by atoms with Gasteiger partial charge in [0.2, 0.25) is 0 Å². The second kappa shape index (κ2) is 5.59. The third kappa shape index (κ3) is 3.37. The third-order valence-corrected chi connectivity index (χ3v) is 3.03. The second-order valence-electron chi connectivity index (χ2n) is 4.88. The van der Waals surface area contributed by atoms with Gasteiger partial charge in [-0.3, -0.25) is 9.69 Å². The highest BCUT2D eigenvalue weighted by Gasteiger charge is 2.23. The fourth-order valence-corrected chi connectivity index (χ4v) is 2.34. The zero-order valence-corrected chi connectivity index (χ0v) is 10.7. The predicted octanol–water partition coefficient (Wildman–Crippen LogP) is 2.12. The van der Waals surface area contributed by atoms with Gasteiger partial charge in [0.05, 0.1) is 18.8 Å². The van der Waals surface area contributed by atoms with Crippen LogP contribution in [0.15, 0.2) is 24.3 Å². The summed E-state index contributed by atoms with van der Waals surface area (Å²) in [5, 5.41) is 0. The van der Waals surface area contributed by atoms with Crippen molar-refractivity contribution in [2.24, 2.45) is 0 Å². The van der Waals surface area contributed by atoms with Gasteiger partial charge in [-0.1, -0.05) is 0 Å². The molecule has 0 bridgehead atoms. The molecule has 0 amide bonds. The van der Waals surface area contributed by atoms with E-state index in [1.54, 1.807) is 0 Å². The van der Waals surface area contributed by atoms with Crippen molar-refractivity contribution in [3.05, 3.63) is 35.6 Å². The van der Waals surface area contributed by atoms with Gasteiger partial charge in [-0.25, -0.2) is 4.39 Å². The number of nitrogens with zero attached hydrogens (tertiary/aromatic N) is 1. The van der Waals surface area contributed by atoms with E-state index in [-0.39, 0.29) is 23.8 Å². The van der Waals surface area contributed by atoms with Gasteiger partial charge in [-0.15, -0.1) is 0 Å². The Morgan fingerprint density at radius 2 is 1.83 bits per heavy atom. The van der Waals surface area contributed by atoms with Crippen LogP contribution in [0.3, 0.4) is 0 Å². The minimum atomic E-state index is -0.319. The fourth-order valence-electron chi connectivity index (χ4n) is 2.34. The lowest BCUT2D eigenvalue weighted by Crippen LogP contribution is -2.47. The van der Waals surface area contributed by atoms with Crippen LogP contribution in [0.25, 0.3) is 0 Å². The van der Waals surface area contributed by atoms with Gasteiger partial charge in [-0.2, -0.15) is 0 Å². The summed E-state index contributed by atoms with van der Waals surface area (Å²) in [6, 6.07) is 5.70. The quantitative estimate of drug-likeness (QED) is 0.771. The molecule has 1 heterocycles. The van der Waals surface area contributed by atoms with Crippen molar-refractivity contribution >= 4 is 5.78 Å². The molecule has 98 valence electrons. The Labute approximate surface area is 107 Å². The second-order valence-corrected chi connectivity index (χ2v) is 4.88. The van der Waals surface area contributed by atoms with Crippen LogP contribution >= 0.6 is 0 Å². The van der Waals surface area contributed by atoms with E-state index in [0.717, 1.165) is 13.1 Å². The van der Waals surface area contributed by atoms with E-state index in [9.17, 15) is 9.18 Å². The molecule has 0 saturated carbocycles. The molecule has 3 nitrogen and oxygen atoms in total. The Morgan fingerprint density at radius 3 is 2.39 bits per heavy atom. The molecule has 0 N–H and O–H groups in total. The van der Waals surface area contributed by atoms with Crippen LogP contribution in [0.5, 0.6) is 0 Å². The van der Waals surface area contributed by atoms with E-state index < -0.39 is 0 Å². The van der Waals surface area contributed by atoms with Gasteiger partial charge in [0.1, 0.15) is 5.82 Å². The molecule has 1 aliphatic heterocycles. The largest absolute Gasteiger partial charge is 0.373 e.